The van der Waals surface area contributed by atoms with Crippen LogP contribution in [0, 0.1) is 0 Å². The Kier molecular flexibility index (Phi) is 1.70. The van der Waals surface area contributed by atoms with Crippen LogP contribution in [0.3, 0.4) is 0 Å². The van der Waals surface area contributed by atoms with Crippen molar-refractivity contribution >= 4 is 0 Å². The van der Waals surface area contributed by atoms with E-state index in [9.17, 15) is 0 Å². The minimum Gasteiger partial charge on any atom is -0.349 e. The van der Waals surface area contributed by atoms with E-state index in [1.165, 1.54) is 12.1 Å². The molecule has 1 atom stereocenters. The third-order valence-electron chi connectivity index (χ3n) is 2.37. The summed E-state index contributed by atoms with van der Waals surface area (Å²) in [5.74, 6) is 0. The zero-order chi connectivity index (χ0) is 7.68. The van der Waals surface area contributed by atoms with E-state index in [4.69, 9.17) is 0 Å². The molecule has 0 fully saturated rings. The maximum Gasteiger partial charge on any atom is 0.0472 e. The molecule has 0 aliphatic carbocycles. The van der Waals surface area contributed by atoms with Gasteiger partial charge in [0.2, 0.25) is 0 Å². The normalized spacial score (nSPS) is 23.2. The highest BCUT2D eigenvalue weighted by molar-refractivity contribution is 5.13. The monoisotopic (exact) mass is 150 g/mol. The zero-order valence-corrected chi connectivity index (χ0v) is 6.88. The Bertz CT molecular complexity index is 239. The average Bonchev–Trinajstić information content (AvgIpc) is 2.50. The number of rotatable bonds is 1. The molecule has 0 saturated carbocycles. The van der Waals surface area contributed by atoms with E-state index in [0.717, 1.165) is 13.1 Å². The van der Waals surface area contributed by atoms with Crippen LogP contribution in [0.4, 0.5) is 0 Å². The molecule has 0 radical (unpaired) electrons. The van der Waals surface area contributed by atoms with Gasteiger partial charge in [-0.2, -0.15) is 0 Å². The first kappa shape index (κ1) is 6.92. The highest BCUT2D eigenvalue weighted by Gasteiger charge is 2.16. The van der Waals surface area contributed by atoms with Crippen LogP contribution in [0.5, 0.6) is 0 Å². The lowest BCUT2D eigenvalue weighted by Gasteiger charge is -2.25. The van der Waals surface area contributed by atoms with Crippen LogP contribution in [0.15, 0.2) is 18.3 Å². The van der Waals surface area contributed by atoms with Crippen molar-refractivity contribution in [2.24, 2.45) is 0 Å². The van der Waals surface area contributed by atoms with Gasteiger partial charge in [-0.3, -0.25) is 0 Å². The molecular formula is C9H14N2. The SMILES string of the molecule is CCC1NCCn2cccc21. The van der Waals surface area contributed by atoms with Crippen molar-refractivity contribution in [1.29, 1.82) is 0 Å². The maximum absolute atomic E-state index is 3.49. The summed E-state index contributed by atoms with van der Waals surface area (Å²) in [5.41, 5.74) is 1.44. The van der Waals surface area contributed by atoms with Crippen LogP contribution in [-0.4, -0.2) is 11.1 Å². The Hall–Kier alpha value is -0.760. The van der Waals surface area contributed by atoms with E-state index in [1.807, 2.05) is 0 Å². The zero-order valence-electron chi connectivity index (χ0n) is 6.88. The van der Waals surface area contributed by atoms with Gasteiger partial charge in [-0.1, -0.05) is 6.92 Å². The summed E-state index contributed by atoms with van der Waals surface area (Å²) in [4.78, 5) is 0. The lowest BCUT2D eigenvalue weighted by molar-refractivity contribution is 0.417. The van der Waals surface area contributed by atoms with Crippen molar-refractivity contribution in [3.63, 3.8) is 0 Å². The summed E-state index contributed by atoms with van der Waals surface area (Å²) in [7, 11) is 0. The number of nitrogens with one attached hydrogen (secondary N) is 1. The summed E-state index contributed by atoms with van der Waals surface area (Å²) < 4.78 is 2.34. The standard InChI is InChI=1S/C9H14N2/c1-2-8-9-4-3-6-11(9)7-5-10-8/h3-4,6,8,10H,2,5,7H2,1H3. The van der Waals surface area contributed by atoms with Crippen molar-refractivity contribution in [1.82, 2.24) is 9.88 Å². The lowest BCUT2D eigenvalue weighted by atomic mass is 10.1. The topological polar surface area (TPSA) is 17.0 Å². The van der Waals surface area contributed by atoms with Gasteiger partial charge in [0.05, 0.1) is 0 Å². The van der Waals surface area contributed by atoms with E-state index >= 15 is 0 Å². The van der Waals surface area contributed by atoms with Crippen molar-refractivity contribution in [3.8, 4) is 0 Å². The van der Waals surface area contributed by atoms with Gasteiger partial charge in [-0.15, -0.1) is 0 Å². The van der Waals surface area contributed by atoms with Crippen LogP contribution in [0.1, 0.15) is 25.1 Å². The van der Waals surface area contributed by atoms with Crippen LogP contribution in [0.2, 0.25) is 0 Å². The van der Waals surface area contributed by atoms with E-state index in [1.54, 1.807) is 0 Å². The molecule has 0 aromatic carbocycles. The van der Waals surface area contributed by atoms with Gasteiger partial charge in [-0.25, -0.2) is 0 Å². The van der Waals surface area contributed by atoms with E-state index in [2.05, 4.69) is 35.1 Å². The third kappa shape index (κ3) is 1.07. The van der Waals surface area contributed by atoms with Gasteiger partial charge >= 0.3 is 0 Å². The molecule has 1 aliphatic heterocycles. The summed E-state index contributed by atoms with van der Waals surface area (Å²) in [6.07, 6.45) is 3.35. The second-order valence-electron chi connectivity index (χ2n) is 3.04. The lowest BCUT2D eigenvalue weighted by Crippen LogP contribution is -2.32. The van der Waals surface area contributed by atoms with Crippen molar-refractivity contribution in [2.45, 2.75) is 25.9 Å². The van der Waals surface area contributed by atoms with Crippen LogP contribution >= 0.6 is 0 Å². The molecule has 11 heavy (non-hydrogen) atoms. The molecule has 0 saturated heterocycles. The number of aromatic nitrogens is 1. The number of hydrogen-bond donors (Lipinski definition) is 1. The highest BCUT2D eigenvalue weighted by atomic mass is 15.1. The molecule has 1 unspecified atom stereocenters. The largest absolute Gasteiger partial charge is 0.349 e. The predicted octanol–water partition coefficient (Wildman–Crippen LogP) is 1.54. The first-order chi connectivity index (χ1) is 5.42. The van der Waals surface area contributed by atoms with Crippen LogP contribution < -0.4 is 5.32 Å². The Morgan fingerprint density at radius 3 is 3.45 bits per heavy atom. The number of fused-ring (bicyclic) bond motifs is 1. The first-order valence-corrected chi connectivity index (χ1v) is 4.30. The van der Waals surface area contributed by atoms with Gasteiger partial charge in [-0.05, 0) is 18.6 Å². The first-order valence-electron chi connectivity index (χ1n) is 4.30. The Labute approximate surface area is 67.2 Å². The molecule has 0 amide bonds. The van der Waals surface area contributed by atoms with Crippen LogP contribution in [-0.2, 0) is 6.54 Å². The molecule has 0 bridgehead atoms. The third-order valence-corrected chi connectivity index (χ3v) is 2.37. The molecule has 60 valence electrons. The summed E-state index contributed by atoms with van der Waals surface area (Å²) in [6, 6.07) is 4.92. The summed E-state index contributed by atoms with van der Waals surface area (Å²) in [6.45, 7) is 4.46. The molecule has 2 rings (SSSR count). The van der Waals surface area contributed by atoms with E-state index in [-0.39, 0.29) is 0 Å². The van der Waals surface area contributed by atoms with E-state index in [0.29, 0.717) is 6.04 Å². The fourth-order valence-corrected chi connectivity index (χ4v) is 1.76. The minimum atomic E-state index is 0.582. The van der Waals surface area contributed by atoms with Gasteiger partial charge in [0.1, 0.15) is 0 Å². The number of hydrogen-bond acceptors (Lipinski definition) is 1. The van der Waals surface area contributed by atoms with Crippen molar-refractivity contribution in [3.05, 3.63) is 24.0 Å². The Balaban J connectivity index is 2.32. The van der Waals surface area contributed by atoms with E-state index < -0.39 is 0 Å². The summed E-state index contributed by atoms with van der Waals surface area (Å²) >= 11 is 0. The van der Waals surface area contributed by atoms with Gasteiger partial charge in [0.25, 0.3) is 0 Å². The quantitative estimate of drug-likeness (QED) is 0.642. The van der Waals surface area contributed by atoms with Crippen molar-refractivity contribution < 1.29 is 0 Å². The maximum atomic E-state index is 3.49. The number of nitrogens with zero attached hydrogens (tertiary/aromatic N) is 1. The van der Waals surface area contributed by atoms with Gasteiger partial charge in [0, 0.05) is 31.0 Å². The fraction of sp³-hybridized carbons (Fsp3) is 0.556. The Morgan fingerprint density at radius 1 is 1.73 bits per heavy atom. The molecule has 1 aliphatic rings. The molecule has 2 nitrogen and oxygen atoms in total. The van der Waals surface area contributed by atoms with Crippen molar-refractivity contribution in [2.75, 3.05) is 6.54 Å². The second-order valence-corrected chi connectivity index (χ2v) is 3.04. The molecule has 0 spiro atoms. The summed E-state index contributed by atoms with van der Waals surface area (Å²) in [5, 5.41) is 3.49. The predicted molar refractivity (Wildman–Crippen MR) is 45.5 cm³/mol. The minimum absolute atomic E-state index is 0.582. The fourth-order valence-electron chi connectivity index (χ4n) is 1.76. The van der Waals surface area contributed by atoms with Gasteiger partial charge in [0.15, 0.2) is 0 Å². The van der Waals surface area contributed by atoms with Crippen LogP contribution in [0.25, 0.3) is 0 Å². The molecule has 2 heteroatoms. The highest BCUT2D eigenvalue weighted by Crippen LogP contribution is 2.19. The molecular weight excluding hydrogens is 136 g/mol. The molecule has 1 aromatic heterocycles. The molecule has 2 heterocycles. The van der Waals surface area contributed by atoms with Gasteiger partial charge < -0.3 is 9.88 Å². The average molecular weight is 150 g/mol. The molecule has 1 N–H and O–H groups in total. The Morgan fingerprint density at radius 2 is 2.64 bits per heavy atom. The second kappa shape index (κ2) is 2.70. The molecule has 1 aromatic rings. The smallest absolute Gasteiger partial charge is 0.0472 e.